The van der Waals surface area contributed by atoms with E-state index in [4.69, 9.17) is 19.5 Å². The molecule has 0 saturated carbocycles. The number of rotatable bonds is 5. The fourth-order valence-corrected chi connectivity index (χ4v) is 6.24. The number of carbonyl (C=O) groups excluding carboxylic acids is 1. The fraction of sp³-hybridized carbons (Fsp3) is 0.643. The molecule has 2 saturated heterocycles. The van der Waals surface area contributed by atoms with Crippen LogP contribution in [0, 0.1) is 0 Å². The van der Waals surface area contributed by atoms with Gasteiger partial charge in [-0.2, -0.15) is 4.98 Å². The highest BCUT2D eigenvalue weighted by Crippen LogP contribution is 2.56. The number of nitrogens with two attached hydrogens (primary N) is 1. The first-order valence-corrected chi connectivity index (χ1v) is 10.7. The van der Waals surface area contributed by atoms with E-state index in [0.717, 1.165) is 0 Å². The van der Waals surface area contributed by atoms with Gasteiger partial charge in [-0.15, -0.1) is 11.8 Å². The van der Waals surface area contributed by atoms with E-state index in [1.54, 1.807) is 6.92 Å². The highest BCUT2D eigenvalue weighted by atomic mass is 32.2. The third kappa shape index (κ3) is 4.53. The van der Waals surface area contributed by atoms with Gasteiger partial charge in [0, 0.05) is 19.2 Å². The van der Waals surface area contributed by atoms with Crippen molar-refractivity contribution in [1.29, 1.82) is 0 Å². The Balaban J connectivity index is 1.69. The maximum Gasteiger partial charge on any atom is 0.406 e. The van der Waals surface area contributed by atoms with Crippen molar-refractivity contribution in [3.05, 3.63) is 22.7 Å². The van der Waals surface area contributed by atoms with Crippen LogP contribution in [0.25, 0.3) is 0 Å². The molecule has 150 valence electrons. The van der Waals surface area contributed by atoms with Crippen molar-refractivity contribution in [2.24, 2.45) is 0 Å². The number of carbonyl (C=O) groups is 1. The summed E-state index contributed by atoms with van der Waals surface area (Å²) in [5.41, 5.74) is 4.89. The average molecular weight is 420 g/mol. The molecule has 11 nitrogen and oxygen atoms in total. The molecule has 6 atom stereocenters. The van der Waals surface area contributed by atoms with Crippen LogP contribution in [-0.2, 0) is 23.1 Å². The molecule has 0 radical (unpaired) electrons. The van der Waals surface area contributed by atoms with Crippen LogP contribution in [0.4, 0.5) is 5.82 Å². The lowest BCUT2D eigenvalue weighted by atomic mass is 10.1. The van der Waals surface area contributed by atoms with E-state index in [1.165, 1.54) is 35.5 Å². The van der Waals surface area contributed by atoms with Crippen LogP contribution in [0.3, 0.4) is 0 Å². The number of esters is 1. The van der Waals surface area contributed by atoms with Crippen LogP contribution in [0.1, 0.15) is 19.2 Å². The number of nitrogen functional groups attached to an aromatic ring is 1. The number of aromatic nitrogens is 2. The number of nitrogens with zero attached hydrogens (tertiary/aromatic N) is 2. The zero-order valence-corrected chi connectivity index (χ0v) is 16.4. The van der Waals surface area contributed by atoms with E-state index in [2.05, 4.69) is 10.1 Å². The van der Waals surface area contributed by atoms with Crippen LogP contribution in [-0.4, -0.2) is 57.3 Å². The number of aliphatic hydroxyl groups excluding tert-OH is 1. The molecule has 0 aliphatic carbocycles. The zero-order chi connectivity index (χ0) is 19.8. The molecule has 0 bridgehead atoms. The van der Waals surface area contributed by atoms with Crippen molar-refractivity contribution < 1.29 is 28.3 Å². The molecule has 1 aromatic rings. The van der Waals surface area contributed by atoms with Gasteiger partial charge in [0.2, 0.25) is 0 Å². The molecular formula is C14H21N4O7PS. The van der Waals surface area contributed by atoms with Crippen molar-refractivity contribution in [3.63, 3.8) is 0 Å². The van der Waals surface area contributed by atoms with Gasteiger partial charge >= 0.3 is 19.4 Å². The fourth-order valence-electron chi connectivity index (χ4n) is 2.81. The van der Waals surface area contributed by atoms with Crippen molar-refractivity contribution in [1.82, 2.24) is 14.6 Å². The summed E-state index contributed by atoms with van der Waals surface area (Å²) < 4.78 is 29.8. The van der Waals surface area contributed by atoms with Gasteiger partial charge < -0.3 is 15.6 Å². The Bertz CT molecular complexity index is 821. The first kappa shape index (κ1) is 20.3. The first-order valence-electron chi connectivity index (χ1n) is 8.21. The van der Waals surface area contributed by atoms with Crippen molar-refractivity contribution in [2.75, 3.05) is 18.9 Å². The highest BCUT2D eigenvalue weighted by Gasteiger charge is 2.52. The number of anilines is 1. The Morgan fingerprint density at radius 1 is 1.67 bits per heavy atom. The van der Waals surface area contributed by atoms with Crippen molar-refractivity contribution >= 4 is 31.3 Å². The Kier molecular flexibility index (Phi) is 5.94. The molecule has 4 N–H and O–H groups in total. The van der Waals surface area contributed by atoms with E-state index in [1.807, 2.05) is 0 Å². The topological polar surface area (TPSA) is 155 Å². The second kappa shape index (κ2) is 7.90. The van der Waals surface area contributed by atoms with Crippen LogP contribution >= 0.6 is 19.5 Å². The number of ether oxygens (including phenoxy) is 1. The molecule has 2 fully saturated rings. The SMILES string of the molecule is CC(=O)OC[C@H](C)NP1(=O)OC[C@H]2S[C@@H](n3ccc(N)nc3=O)[C@@H](O)[C@@H]2O1. The molecule has 3 rings (SSSR count). The number of hydrogen-bond donors (Lipinski definition) is 3. The summed E-state index contributed by atoms with van der Waals surface area (Å²) in [4.78, 5) is 26.6. The summed E-state index contributed by atoms with van der Waals surface area (Å²) in [7, 11) is -3.71. The monoisotopic (exact) mass is 420 g/mol. The highest BCUT2D eigenvalue weighted by molar-refractivity contribution is 8.00. The lowest BCUT2D eigenvalue weighted by Gasteiger charge is -2.33. The van der Waals surface area contributed by atoms with Crippen LogP contribution < -0.4 is 16.5 Å². The van der Waals surface area contributed by atoms with Crippen LogP contribution in [0.15, 0.2) is 17.1 Å². The summed E-state index contributed by atoms with van der Waals surface area (Å²) in [5, 5.41) is 12.3. The van der Waals surface area contributed by atoms with Gasteiger partial charge in [-0.1, -0.05) is 0 Å². The van der Waals surface area contributed by atoms with Crippen molar-refractivity contribution in [2.45, 2.75) is 42.7 Å². The second-order valence-electron chi connectivity index (χ2n) is 6.29. The minimum Gasteiger partial charge on any atom is -0.464 e. The standard InChI is InChI=1S/C14H21N4O7PS/c1-7(5-23-8(2)19)17-26(22)24-6-9-12(25-26)11(20)13(27-9)18-4-3-10(15)16-14(18)21/h3-4,7,9,11-13,20H,5-6H2,1-2H3,(H,17,22)(H2,15,16,21)/t7-,9+,11-,12+,13+,26?/m0/s1. The smallest absolute Gasteiger partial charge is 0.406 e. The molecule has 0 spiro atoms. The Hall–Kier alpha value is -1.43. The number of aliphatic hydroxyl groups is 1. The molecule has 13 heteroatoms. The van der Waals surface area contributed by atoms with Crippen LogP contribution in [0.5, 0.6) is 0 Å². The molecule has 1 aromatic heterocycles. The predicted octanol–water partition coefficient (Wildman–Crippen LogP) is -0.135. The Morgan fingerprint density at radius 2 is 2.41 bits per heavy atom. The first-order chi connectivity index (χ1) is 12.7. The number of hydrogen-bond acceptors (Lipinski definition) is 10. The lowest BCUT2D eigenvalue weighted by Crippen LogP contribution is -2.43. The third-order valence-corrected chi connectivity index (χ3v) is 7.33. The molecule has 1 unspecified atom stereocenters. The van der Waals surface area contributed by atoms with Crippen LogP contribution in [0.2, 0.25) is 0 Å². The molecule has 2 aliphatic heterocycles. The summed E-state index contributed by atoms with van der Waals surface area (Å²) in [6.07, 6.45) is -0.466. The summed E-state index contributed by atoms with van der Waals surface area (Å²) in [6.45, 7) is 2.98. The minimum absolute atomic E-state index is 0.00737. The van der Waals surface area contributed by atoms with Crippen molar-refractivity contribution in [3.8, 4) is 0 Å². The zero-order valence-electron chi connectivity index (χ0n) is 14.7. The molecule has 0 aromatic carbocycles. The maximum atomic E-state index is 12.8. The minimum atomic E-state index is -3.71. The van der Waals surface area contributed by atoms with Gasteiger partial charge in [0.05, 0.1) is 11.9 Å². The molecular weight excluding hydrogens is 399 g/mol. The Labute approximate surface area is 159 Å². The third-order valence-electron chi connectivity index (χ3n) is 4.02. The van der Waals surface area contributed by atoms with Gasteiger partial charge in [-0.3, -0.25) is 18.4 Å². The molecule has 27 heavy (non-hydrogen) atoms. The van der Waals surface area contributed by atoms with Gasteiger partial charge in [0.1, 0.15) is 30.0 Å². The molecule has 2 aliphatic rings. The second-order valence-corrected chi connectivity index (χ2v) is 9.38. The van der Waals surface area contributed by atoms with Gasteiger partial charge in [-0.25, -0.2) is 14.4 Å². The average Bonchev–Trinajstić information content (AvgIpc) is 2.89. The summed E-state index contributed by atoms with van der Waals surface area (Å²) >= 11 is 1.27. The maximum absolute atomic E-state index is 12.8. The molecule has 0 amide bonds. The van der Waals surface area contributed by atoms with E-state index < -0.39 is 43.0 Å². The number of nitrogens with one attached hydrogen (secondary N) is 1. The van der Waals surface area contributed by atoms with E-state index in [0.29, 0.717) is 0 Å². The Morgan fingerprint density at radius 3 is 3.07 bits per heavy atom. The number of thioether (sulfide) groups is 1. The summed E-state index contributed by atoms with van der Waals surface area (Å²) in [5.74, 6) is -0.373. The van der Waals surface area contributed by atoms with Gasteiger partial charge in [0.15, 0.2) is 0 Å². The van der Waals surface area contributed by atoms with Gasteiger partial charge in [-0.05, 0) is 13.0 Å². The number of fused-ring (bicyclic) bond motifs is 1. The summed E-state index contributed by atoms with van der Waals surface area (Å²) in [6, 6.07) is 0.971. The predicted molar refractivity (Wildman–Crippen MR) is 97.0 cm³/mol. The largest absolute Gasteiger partial charge is 0.464 e. The van der Waals surface area contributed by atoms with Gasteiger partial charge in [0.25, 0.3) is 0 Å². The quantitative estimate of drug-likeness (QED) is 0.431. The normalized spacial score (nSPS) is 34.0. The lowest BCUT2D eigenvalue weighted by molar-refractivity contribution is -0.141. The van der Waals surface area contributed by atoms with E-state index in [-0.39, 0.29) is 24.3 Å². The molecule has 3 heterocycles. The van der Waals surface area contributed by atoms with E-state index >= 15 is 0 Å². The van der Waals surface area contributed by atoms with E-state index in [9.17, 15) is 19.3 Å².